The van der Waals surface area contributed by atoms with Crippen molar-refractivity contribution in [2.75, 3.05) is 5.32 Å². The van der Waals surface area contributed by atoms with Gasteiger partial charge in [-0.1, -0.05) is 11.6 Å². The minimum Gasteiger partial charge on any atom is -0.321 e. The first kappa shape index (κ1) is 11.7. The maximum Gasteiger partial charge on any atom is 0.276 e. The van der Waals surface area contributed by atoms with Crippen molar-refractivity contribution in [3.05, 3.63) is 46.7 Å². The molecule has 0 radical (unpaired) electrons. The third kappa shape index (κ3) is 2.65. The first-order valence-corrected chi connectivity index (χ1v) is 5.51. The topological polar surface area (TPSA) is 46.9 Å². The quantitative estimate of drug-likeness (QED) is 0.889. The molecule has 0 unspecified atom stereocenters. The molecule has 2 rings (SSSR count). The van der Waals surface area contributed by atoms with Crippen molar-refractivity contribution < 1.29 is 4.79 Å². The Labute approximate surface area is 104 Å². The summed E-state index contributed by atoms with van der Waals surface area (Å²) >= 11 is 5.77. The summed E-state index contributed by atoms with van der Waals surface area (Å²) in [5.74, 6) is -0.217. The lowest BCUT2D eigenvalue weighted by Crippen LogP contribution is -2.14. The molecule has 4 nitrogen and oxygen atoms in total. The number of hydrogen-bond donors (Lipinski definition) is 1. The van der Waals surface area contributed by atoms with Gasteiger partial charge >= 0.3 is 0 Å². The number of hydrogen-bond acceptors (Lipinski definition) is 2. The van der Waals surface area contributed by atoms with Crippen LogP contribution in [-0.4, -0.2) is 15.7 Å². The second-order valence-electron chi connectivity index (χ2n) is 3.80. The highest BCUT2D eigenvalue weighted by atomic mass is 35.5. The summed E-state index contributed by atoms with van der Waals surface area (Å²) in [5, 5.41) is 7.50. The van der Waals surface area contributed by atoms with Gasteiger partial charge in [-0.2, -0.15) is 5.10 Å². The number of benzene rings is 1. The van der Waals surface area contributed by atoms with E-state index in [0.29, 0.717) is 16.4 Å². The van der Waals surface area contributed by atoms with Crippen LogP contribution in [0.4, 0.5) is 5.69 Å². The fourth-order valence-corrected chi connectivity index (χ4v) is 1.68. The normalized spacial score (nSPS) is 10.3. The first-order valence-electron chi connectivity index (χ1n) is 5.13. The van der Waals surface area contributed by atoms with Gasteiger partial charge < -0.3 is 5.32 Å². The van der Waals surface area contributed by atoms with Crippen LogP contribution in [0.1, 0.15) is 16.1 Å². The molecule has 0 fully saturated rings. The molecule has 0 aliphatic carbocycles. The summed E-state index contributed by atoms with van der Waals surface area (Å²) in [6, 6.07) is 6.95. The zero-order valence-electron chi connectivity index (χ0n) is 9.57. The van der Waals surface area contributed by atoms with E-state index in [2.05, 4.69) is 10.4 Å². The fraction of sp³-hybridized carbons (Fsp3) is 0.167. The smallest absolute Gasteiger partial charge is 0.276 e. The van der Waals surface area contributed by atoms with Gasteiger partial charge in [-0.25, -0.2) is 0 Å². The van der Waals surface area contributed by atoms with E-state index in [1.807, 2.05) is 6.92 Å². The van der Waals surface area contributed by atoms with Crippen LogP contribution in [0.15, 0.2) is 30.5 Å². The number of aryl methyl sites for hydroxylation is 2. The standard InChI is InChI=1S/C12H12ClN3O/c1-8-7-16(2)15-11(8)12(17)14-10-5-3-9(13)4-6-10/h3-7H,1-2H3,(H,14,17). The van der Waals surface area contributed by atoms with Crippen molar-refractivity contribution in [2.45, 2.75) is 6.92 Å². The average molecular weight is 250 g/mol. The van der Waals surface area contributed by atoms with E-state index in [1.165, 1.54) is 0 Å². The Morgan fingerprint density at radius 3 is 2.53 bits per heavy atom. The summed E-state index contributed by atoms with van der Waals surface area (Å²) in [6.07, 6.45) is 1.80. The maximum absolute atomic E-state index is 11.9. The minimum absolute atomic E-state index is 0.217. The number of carbonyl (C=O) groups excluding carboxylic acids is 1. The molecule has 1 heterocycles. The van der Waals surface area contributed by atoms with Gasteiger partial charge in [-0.05, 0) is 31.2 Å². The third-order valence-corrected chi connectivity index (χ3v) is 2.58. The number of halogens is 1. The molecule has 0 atom stereocenters. The summed E-state index contributed by atoms with van der Waals surface area (Å²) in [4.78, 5) is 11.9. The number of aromatic nitrogens is 2. The highest BCUT2D eigenvalue weighted by Gasteiger charge is 2.12. The second kappa shape index (κ2) is 4.59. The Hall–Kier alpha value is -1.81. The van der Waals surface area contributed by atoms with Gasteiger partial charge in [0.1, 0.15) is 0 Å². The first-order chi connectivity index (χ1) is 8.06. The van der Waals surface area contributed by atoms with E-state index < -0.39 is 0 Å². The fourth-order valence-electron chi connectivity index (χ4n) is 1.55. The highest BCUT2D eigenvalue weighted by molar-refractivity contribution is 6.30. The van der Waals surface area contributed by atoms with Crippen molar-refractivity contribution in [1.82, 2.24) is 9.78 Å². The zero-order valence-corrected chi connectivity index (χ0v) is 10.3. The molecule has 1 aromatic heterocycles. The lowest BCUT2D eigenvalue weighted by Gasteiger charge is -2.03. The molecule has 88 valence electrons. The Balaban J connectivity index is 2.17. The van der Waals surface area contributed by atoms with Crippen LogP contribution in [0.2, 0.25) is 5.02 Å². The molecule has 0 saturated carbocycles. The number of amides is 1. The van der Waals surface area contributed by atoms with Gasteiger partial charge in [0, 0.05) is 29.5 Å². The largest absolute Gasteiger partial charge is 0.321 e. The number of anilines is 1. The van der Waals surface area contributed by atoms with Crippen molar-refractivity contribution in [1.29, 1.82) is 0 Å². The number of rotatable bonds is 2. The third-order valence-electron chi connectivity index (χ3n) is 2.33. The summed E-state index contributed by atoms with van der Waals surface area (Å²) in [6.45, 7) is 1.85. The van der Waals surface area contributed by atoms with Crippen LogP contribution in [0, 0.1) is 6.92 Å². The Bertz CT molecular complexity index is 545. The van der Waals surface area contributed by atoms with Gasteiger partial charge in [0.25, 0.3) is 5.91 Å². The molecule has 0 spiro atoms. The monoisotopic (exact) mass is 249 g/mol. The van der Waals surface area contributed by atoms with E-state index in [4.69, 9.17) is 11.6 Å². The van der Waals surface area contributed by atoms with Crippen molar-refractivity contribution in [2.24, 2.45) is 7.05 Å². The zero-order chi connectivity index (χ0) is 12.4. The van der Waals surface area contributed by atoms with Crippen LogP contribution in [-0.2, 0) is 7.05 Å². The highest BCUT2D eigenvalue weighted by Crippen LogP contribution is 2.14. The molecule has 0 aliphatic rings. The van der Waals surface area contributed by atoms with Crippen molar-refractivity contribution in [3.63, 3.8) is 0 Å². The van der Waals surface area contributed by atoms with E-state index >= 15 is 0 Å². The van der Waals surface area contributed by atoms with E-state index in [0.717, 1.165) is 5.56 Å². The molecule has 1 N–H and O–H groups in total. The minimum atomic E-state index is -0.217. The Kier molecular flexibility index (Phi) is 3.15. The average Bonchev–Trinajstić information content (AvgIpc) is 2.61. The number of carbonyl (C=O) groups is 1. The van der Waals surface area contributed by atoms with E-state index in [-0.39, 0.29) is 5.91 Å². The number of nitrogens with one attached hydrogen (secondary N) is 1. The summed E-state index contributed by atoms with van der Waals surface area (Å²) in [5.41, 5.74) is 1.98. The predicted molar refractivity (Wildman–Crippen MR) is 67.4 cm³/mol. The predicted octanol–water partition coefficient (Wildman–Crippen LogP) is 2.63. The van der Waals surface area contributed by atoms with Crippen LogP contribution in [0.3, 0.4) is 0 Å². The van der Waals surface area contributed by atoms with Crippen molar-refractivity contribution in [3.8, 4) is 0 Å². The van der Waals surface area contributed by atoms with Gasteiger partial charge in [0.05, 0.1) is 0 Å². The molecule has 1 aromatic carbocycles. The lowest BCUT2D eigenvalue weighted by molar-refractivity contribution is 0.102. The van der Waals surface area contributed by atoms with Crippen LogP contribution < -0.4 is 5.32 Å². The molecular weight excluding hydrogens is 238 g/mol. The SMILES string of the molecule is Cc1cn(C)nc1C(=O)Nc1ccc(Cl)cc1. The van der Waals surface area contributed by atoms with Gasteiger partial charge in [0.2, 0.25) is 0 Å². The van der Waals surface area contributed by atoms with Gasteiger partial charge in [0.15, 0.2) is 5.69 Å². The molecule has 1 amide bonds. The number of nitrogens with zero attached hydrogens (tertiary/aromatic N) is 2. The molecule has 17 heavy (non-hydrogen) atoms. The molecule has 0 aliphatic heterocycles. The second-order valence-corrected chi connectivity index (χ2v) is 4.23. The van der Waals surface area contributed by atoms with Gasteiger partial charge in [-0.3, -0.25) is 9.48 Å². The molecular formula is C12H12ClN3O. The molecule has 0 bridgehead atoms. The van der Waals surface area contributed by atoms with E-state index in [9.17, 15) is 4.79 Å². The molecule has 0 saturated heterocycles. The lowest BCUT2D eigenvalue weighted by atomic mass is 10.2. The molecule has 5 heteroatoms. The van der Waals surface area contributed by atoms with Crippen LogP contribution in [0.25, 0.3) is 0 Å². The summed E-state index contributed by atoms with van der Waals surface area (Å²) in [7, 11) is 1.78. The van der Waals surface area contributed by atoms with Crippen LogP contribution >= 0.6 is 11.6 Å². The van der Waals surface area contributed by atoms with E-state index in [1.54, 1.807) is 42.2 Å². The maximum atomic E-state index is 11.9. The molecule has 2 aromatic rings. The van der Waals surface area contributed by atoms with Crippen LogP contribution in [0.5, 0.6) is 0 Å². The summed E-state index contributed by atoms with van der Waals surface area (Å²) < 4.78 is 1.62. The van der Waals surface area contributed by atoms with Gasteiger partial charge in [-0.15, -0.1) is 0 Å². The van der Waals surface area contributed by atoms with Crippen molar-refractivity contribution >= 4 is 23.2 Å². The Morgan fingerprint density at radius 2 is 2.00 bits per heavy atom. The Morgan fingerprint density at radius 1 is 1.35 bits per heavy atom.